The van der Waals surface area contributed by atoms with Crippen molar-refractivity contribution in [1.29, 1.82) is 5.26 Å². The van der Waals surface area contributed by atoms with Crippen molar-refractivity contribution in [1.82, 2.24) is 25.6 Å². The normalized spacial score (nSPS) is 26.5. The van der Waals surface area contributed by atoms with Crippen molar-refractivity contribution in [2.24, 2.45) is 11.8 Å². The average molecular weight is 578 g/mol. The number of anilines is 1. The predicted molar refractivity (Wildman–Crippen MR) is 127 cm³/mol. The van der Waals surface area contributed by atoms with Gasteiger partial charge in [-0.05, 0) is 18.6 Å². The number of nitrogens with one attached hydrogen (secondary N) is 2. The molecule has 0 bridgehead atoms. The van der Waals surface area contributed by atoms with Gasteiger partial charge in [-0.25, -0.2) is 10.4 Å². The molecule has 1 aromatic rings. The Labute approximate surface area is 226 Å². The van der Waals surface area contributed by atoms with Gasteiger partial charge in [-0.15, -0.1) is 0 Å². The number of ether oxygens (including phenoxy) is 1. The van der Waals surface area contributed by atoms with Crippen LogP contribution in [0.3, 0.4) is 0 Å². The van der Waals surface area contributed by atoms with Gasteiger partial charge in [0, 0.05) is 57.5 Å². The van der Waals surface area contributed by atoms with E-state index >= 15 is 0 Å². The number of halogens is 6. The van der Waals surface area contributed by atoms with Crippen LogP contribution < -0.4 is 15.8 Å². The van der Waals surface area contributed by atoms with Gasteiger partial charge in [-0.2, -0.15) is 31.6 Å². The lowest BCUT2D eigenvalue weighted by Crippen LogP contribution is -2.65. The number of hydrazine groups is 1. The predicted octanol–water partition coefficient (Wildman–Crippen LogP) is 1.44. The van der Waals surface area contributed by atoms with Crippen molar-refractivity contribution in [3.8, 4) is 6.07 Å². The molecular weight excluding hydrogens is 548 g/mol. The van der Waals surface area contributed by atoms with Crippen LogP contribution in [0.5, 0.6) is 0 Å². The summed E-state index contributed by atoms with van der Waals surface area (Å²) < 4.78 is 87.0. The van der Waals surface area contributed by atoms with Crippen molar-refractivity contribution in [3.63, 3.8) is 0 Å². The van der Waals surface area contributed by atoms with E-state index in [1.165, 1.54) is 6.20 Å². The van der Waals surface area contributed by atoms with Crippen LogP contribution >= 0.6 is 0 Å². The number of likely N-dealkylation sites (tertiary alicyclic amines) is 1. The van der Waals surface area contributed by atoms with Crippen molar-refractivity contribution in [2.75, 3.05) is 57.4 Å². The van der Waals surface area contributed by atoms with Crippen molar-refractivity contribution < 1.29 is 40.7 Å². The number of carbonyl (C=O) groups excluding carboxylic acids is 2. The zero-order valence-electron chi connectivity index (χ0n) is 21.3. The molecule has 3 aliphatic rings. The highest BCUT2D eigenvalue weighted by Crippen LogP contribution is 2.41. The summed E-state index contributed by atoms with van der Waals surface area (Å²) in [7, 11) is 0. The van der Waals surface area contributed by atoms with Gasteiger partial charge >= 0.3 is 12.4 Å². The Hall–Kier alpha value is -3.16. The van der Waals surface area contributed by atoms with Crippen LogP contribution in [0, 0.1) is 23.2 Å². The van der Waals surface area contributed by atoms with Crippen LogP contribution in [0.1, 0.15) is 18.4 Å². The van der Waals surface area contributed by atoms with Gasteiger partial charge < -0.3 is 14.5 Å². The second-order valence-corrected chi connectivity index (χ2v) is 9.99. The number of pyridine rings is 1. The molecule has 0 radical (unpaired) electrons. The summed E-state index contributed by atoms with van der Waals surface area (Å²) in [4.78, 5) is 33.5. The fourth-order valence-corrected chi connectivity index (χ4v) is 5.40. The third-order valence-electron chi connectivity index (χ3n) is 7.49. The number of piperazine rings is 1. The van der Waals surface area contributed by atoms with Crippen molar-refractivity contribution >= 4 is 17.6 Å². The first-order valence-electron chi connectivity index (χ1n) is 12.8. The third-order valence-corrected chi connectivity index (χ3v) is 7.49. The van der Waals surface area contributed by atoms with E-state index in [0.717, 1.165) is 4.90 Å². The molecule has 0 aliphatic carbocycles. The minimum atomic E-state index is -4.94. The van der Waals surface area contributed by atoms with Crippen LogP contribution in [0.15, 0.2) is 18.3 Å². The van der Waals surface area contributed by atoms with Gasteiger partial charge in [-0.1, -0.05) is 0 Å². The van der Waals surface area contributed by atoms with Gasteiger partial charge in [0.15, 0.2) is 5.92 Å². The first-order valence-corrected chi connectivity index (χ1v) is 12.8. The monoisotopic (exact) mass is 577 g/mol. The summed E-state index contributed by atoms with van der Waals surface area (Å²) in [6.45, 7) is 0.402. The van der Waals surface area contributed by atoms with Crippen LogP contribution in [0.25, 0.3) is 0 Å². The molecule has 0 saturated carbocycles. The molecule has 2 unspecified atom stereocenters. The first-order chi connectivity index (χ1) is 18.9. The maximum Gasteiger partial charge on any atom is 0.402 e. The Morgan fingerprint density at radius 3 is 2.45 bits per heavy atom. The lowest BCUT2D eigenvalue weighted by molar-refractivity contribution is -0.202. The highest BCUT2D eigenvalue weighted by atomic mass is 19.4. The van der Waals surface area contributed by atoms with Crippen LogP contribution in [-0.2, 0) is 14.3 Å². The number of aromatic nitrogens is 1. The minimum Gasteiger partial charge on any atom is -0.379 e. The molecule has 3 fully saturated rings. The summed E-state index contributed by atoms with van der Waals surface area (Å²) in [5.41, 5.74) is 4.69. The van der Waals surface area contributed by atoms with Gasteiger partial charge in [0.1, 0.15) is 11.9 Å². The zero-order chi connectivity index (χ0) is 29.1. The Bertz CT molecular complexity index is 1090. The molecule has 3 aliphatic heterocycles. The molecule has 2 N–H and O–H groups in total. The number of hydrogen-bond acceptors (Lipinski definition) is 8. The molecule has 0 aromatic carbocycles. The maximum absolute atomic E-state index is 13.6. The summed E-state index contributed by atoms with van der Waals surface area (Å²) in [5.74, 6) is -5.22. The van der Waals surface area contributed by atoms with E-state index < -0.39 is 55.1 Å². The first kappa shape index (κ1) is 29.8. The smallest absolute Gasteiger partial charge is 0.379 e. The van der Waals surface area contributed by atoms with E-state index in [-0.39, 0.29) is 32.1 Å². The fraction of sp³-hybridized carbons (Fsp3) is 0.667. The molecule has 0 spiro atoms. The largest absolute Gasteiger partial charge is 0.402 e. The topological polar surface area (TPSA) is 114 Å². The van der Waals surface area contributed by atoms with E-state index in [0.29, 0.717) is 37.6 Å². The maximum atomic E-state index is 13.6. The Kier molecular flexibility index (Phi) is 9.06. The van der Waals surface area contributed by atoms with Crippen molar-refractivity contribution in [3.05, 3.63) is 23.9 Å². The summed E-state index contributed by atoms with van der Waals surface area (Å²) in [6, 6.07) is 2.84. The quantitative estimate of drug-likeness (QED) is 0.370. The van der Waals surface area contributed by atoms with E-state index in [4.69, 9.17) is 10.00 Å². The Balaban J connectivity index is 1.28. The van der Waals surface area contributed by atoms with Crippen LogP contribution in [0.4, 0.5) is 32.2 Å². The lowest BCUT2D eigenvalue weighted by Gasteiger charge is -2.41. The summed E-state index contributed by atoms with van der Waals surface area (Å²) in [6.07, 6.45) is -8.59. The van der Waals surface area contributed by atoms with E-state index in [1.807, 2.05) is 16.4 Å². The van der Waals surface area contributed by atoms with Gasteiger partial charge in [0.05, 0.1) is 31.1 Å². The minimum absolute atomic E-state index is 0.0386. The van der Waals surface area contributed by atoms with Crippen LogP contribution in [-0.4, -0.2) is 104 Å². The highest BCUT2D eigenvalue weighted by molar-refractivity contribution is 5.80. The van der Waals surface area contributed by atoms with Crippen molar-refractivity contribution in [2.45, 2.75) is 37.3 Å². The summed E-state index contributed by atoms with van der Waals surface area (Å²) >= 11 is 0. The van der Waals surface area contributed by atoms with Gasteiger partial charge in [0.2, 0.25) is 11.8 Å². The van der Waals surface area contributed by atoms with Gasteiger partial charge in [-0.3, -0.25) is 19.9 Å². The van der Waals surface area contributed by atoms with E-state index in [2.05, 4.69) is 10.4 Å². The standard InChI is InChI=1S/C24H29F6N7O3/c25-23(26,27)16-9-17(37(13-16)18-12-33-34-22(39)21(18)24(28,29)30)14-40-8-3-20(38)36-6-4-35(5-7-36)19-2-1-15(10-31)11-32-19/h1-2,11,16-18,21,33H,3-9,12-14H2,(H,34,39)/t16-,17-,18?,21?/m0/s1. The number of amides is 2. The molecule has 1 aromatic heterocycles. The SMILES string of the molecule is N#Cc1ccc(N2CCN(C(=O)CCOC[C@@H]3C[C@H](C(F)(F)F)CN3C3CNNC(=O)C3C(F)(F)F)CC2)nc1. The molecule has 4 heterocycles. The number of alkyl halides is 6. The average Bonchev–Trinajstić information content (AvgIpc) is 3.35. The van der Waals surface area contributed by atoms with E-state index in [1.54, 1.807) is 17.0 Å². The number of carbonyl (C=O) groups is 2. The number of rotatable bonds is 7. The zero-order valence-corrected chi connectivity index (χ0v) is 21.3. The number of nitriles is 1. The number of hydrogen-bond donors (Lipinski definition) is 2. The van der Waals surface area contributed by atoms with E-state index in [9.17, 15) is 35.9 Å². The molecule has 40 heavy (non-hydrogen) atoms. The third kappa shape index (κ3) is 6.94. The van der Waals surface area contributed by atoms with Gasteiger partial charge in [0.25, 0.3) is 0 Å². The fourth-order valence-electron chi connectivity index (χ4n) is 5.40. The second-order valence-electron chi connectivity index (χ2n) is 9.99. The molecule has 16 heteroatoms. The molecular formula is C24H29F6N7O3. The molecule has 4 atom stereocenters. The molecule has 2 amide bonds. The second kappa shape index (κ2) is 12.1. The summed E-state index contributed by atoms with van der Waals surface area (Å²) in [5, 5.41) is 8.89. The molecule has 3 saturated heterocycles. The highest BCUT2D eigenvalue weighted by Gasteiger charge is 2.57. The Morgan fingerprint density at radius 2 is 1.85 bits per heavy atom. The number of nitrogens with zero attached hydrogens (tertiary/aromatic N) is 5. The molecule has 220 valence electrons. The molecule has 10 nitrogen and oxygen atoms in total. The lowest BCUT2D eigenvalue weighted by atomic mass is 9.94. The Morgan fingerprint density at radius 1 is 1.12 bits per heavy atom. The van der Waals surface area contributed by atoms with Crippen LogP contribution in [0.2, 0.25) is 0 Å². The molecule has 4 rings (SSSR count).